The van der Waals surface area contributed by atoms with Gasteiger partial charge >= 0.3 is 0 Å². The molecule has 1 aliphatic carbocycles. The first-order valence-electron chi connectivity index (χ1n) is 10.1. The van der Waals surface area contributed by atoms with Crippen LogP contribution < -0.4 is 0 Å². The van der Waals surface area contributed by atoms with Crippen LogP contribution in [0.3, 0.4) is 0 Å². The maximum atomic E-state index is 12.2. The second-order valence-electron chi connectivity index (χ2n) is 7.93. The molecule has 3 N–H and O–H groups in total. The Labute approximate surface area is 153 Å². The molecular weight excluding hydrogens is 316 g/mol. The summed E-state index contributed by atoms with van der Waals surface area (Å²) in [5.74, 6) is -0.00755. The third-order valence-electron chi connectivity index (χ3n) is 5.39. The quantitative estimate of drug-likeness (QED) is 0.347. The summed E-state index contributed by atoms with van der Waals surface area (Å²) in [7, 11) is 0. The van der Waals surface area contributed by atoms with E-state index in [1.54, 1.807) is 0 Å². The lowest BCUT2D eigenvalue weighted by Crippen LogP contribution is -2.23. The van der Waals surface area contributed by atoms with Crippen molar-refractivity contribution in [2.45, 2.75) is 96.2 Å². The third-order valence-corrected chi connectivity index (χ3v) is 5.39. The number of rotatable bonds is 13. The van der Waals surface area contributed by atoms with Gasteiger partial charge in [0.05, 0.1) is 11.7 Å². The number of aliphatic hydroxyl groups is 3. The predicted molar refractivity (Wildman–Crippen MR) is 101 cm³/mol. The molecule has 0 bridgehead atoms. The van der Waals surface area contributed by atoms with E-state index in [9.17, 15) is 15.0 Å². The molecule has 1 unspecified atom stereocenters. The zero-order chi connectivity index (χ0) is 18.7. The SMILES string of the molecule is CCCCC(C)(O)C/C=C/[C@@H]1[C@H](O)CC(=O)[C@@H]1CCCCCCCO. The molecule has 25 heavy (non-hydrogen) atoms. The number of hydrogen-bond donors (Lipinski definition) is 3. The van der Waals surface area contributed by atoms with Crippen LogP contribution in [0.15, 0.2) is 12.2 Å². The van der Waals surface area contributed by atoms with Crippen molar-refractivity contribution >= 4 is 5.78 Å². The van der Waals surface area contributed by atoms with Crippen molar-refractivity contribution in [3.63, 3.8) is 0 Å². The molecule has 0 aromatic rings. The summed E-state index contributed by atoms with van der Waals surface area (Å²) in [6.07, 6.45) is 12.9. The Morgan fingerprint density at radius 2 is 1.84 bits per heavy atom. The van der Waals surface area contributed by atoms with Gasteiger partial charge in [-0.25, -0.2) is 0 Å². The largest absolute Gasteiger partial charge is 0.396 e. The lowest BCUT2D eigenvalue weighted by molar-refractivity contribution is -0.121. The molecule has 0 saturated heterocycles. The van der Waals surface area contributed by atoms with Gasteiger partial charge in [-0.2, -0.15) is 0 Å². The first-order chi connectivity index (χ1) is 11.9. The summed E-state index contributed by atoms with van der Waals surface area (Å²) in [6.45, 7) is 4.22. The zero-order valence-corrected chi connectivity index (χ0v) is 16.1. The minimum atomic E-state index is -0.706. The first-order valence-corrected chi connectivity index (χ1v) is 10.1. The maximum Gasteiger partial charge on any atom is 0.139 e. The molecule has 1 fully saturated rings. The molecule has 146 valence electrons. The van der Waals surface area contributed by atoms with Crippen LogP contribution in [0, 0.1) is 11.8 Å². The zero-order valence-electron chi connectivity index (χ0n) is 16.1. The van der Waals surface area contributed by atoms with Crippen molar-refractivity contribution in [1.29, 1.82) is 0 Å². The Morgan fingerprint density at radius 3 is 2.52 bits per heavy atom. The summed E-state index contributed by atoms with van der Waals surface area (Å²) in [4.78, 5) is 12.2. The average molecular weight is 355 g/mol. The second kappa shape index (κ2) is 11.8. The van der Waals surface area contributed by atoms with Gasteiger partial charge in [-0.05, 0) is 32.6 Å². The minimum absolute atomic E-state index is 0.0790. The van der Waals surface area contributed by atoms with Crippen molar-refractivity contribution < 1.29 is 20.1 Å². The van der Waals surface area contributed by atoms with E-state index in [2.05, 4.69) is 6.92 Å². The van der Waals surface area contributed by atoms with Crippen molar-refractivity contribution in [2.24, 2.45) is 11.8 Å². The molecule has 4 atom stereocenters. The standard InChI is InChI=1S/C21H38O4/c1-3-4-13-21(2,25)14-10-12-18-17(19(23)16-20(18)24)11-8-6-5-7-9-15-22/h10,12,17-18,20,22,24-25H,3-9,11,13-16H2,1-2H3/b12-10+/t17-,18+,20-,21?/m1/s1. The summed E-state index contributed by atoms with van der Waals surface area (Å²) in [5, 5.41) is 29.3. The fourth-order valence-electron chi connectivity index (χ4n) is 3.74. The van der Waals surface area contributed by atoms with Crippen LogP contribution in [0.4, 0.5) is 0 Å². The van der Waals surface area contributed by atoms with E-state index in [0.717, 1.165) is 57.8 Å². The van der Waals surface area contributed by atoms with Gasteiger partial charge < -0.3 is 15.3 Å². The Bertz CT molecular complexity index is 403. The van der Waals surface area contributed by atoms with Crippen molar-refractivity contribution in [1.82, 2.24) is 0 Å². The molecule has 4 heteroatoms. The summed E-state index contributed by atoms with van der Waals surface area (Å²) in [5.41, 5.74) is -0.706. The molecule has 4 nitrogen and oxygen atoms in total. The van der Waals surface area contributed by atoms with E-state index in [1.165, 1.54) is 0 Å². The molecule has 0 aliphatic heterocycles. The fourth-order valence-corrected chi connectivity index (χ4v) is 3.74. The van der Waals surface area contributed by atoms with E-state index < -0.39 is 11.7 Å². The van der Waals surface area contributed by atoms with Crippen LogP contribution in [0.1, 0.15) is 84.5 Å². The number of carbonyl (C=O) groups is 1. The normalized spacial score (nSPS) is 26.4. The van der Waals surface area contributed by atoms with Crippen LogP contribution in [-0.4, -0.2) is 39.4 Å². The highest BCUT2D eigenvalue weighted by atomic mass is 16.3. The molecule has 1 saturated carbocycles. The smallest absolute Gasteiger partial charge is 0.139 e. The van der Waals surface area contributed by atoms with Gasteiger partial charge in [0.2, 0.25) is 0 Å². The van der Waals surface area contributed by atoms with Gasteiger partial charge in [0.1, 0.15) is 5.78 Å². The number of ketones is 1. The number of hydrogen-bond acceptors (Lipinski definition) is 4. The molecule has 1 rings (SSSR count). The highest BCUT2D eigenvalue weighted by molar-refractivity contribution is 5.84. The molecular formula is C21H38O4. The topological polar surface area (TPSA) is 77.8 Å². The first kappa shape index (κ1) is 22.3. The maximum absolute atomic E-state index is 12.2. The monoisotopic (exact) mass is 354 g/mol. The van der Waals surface area contributed by atoms with Crippen LogP contribution in [0.25, 0.3) is 0 Å². The Kier molecular flexibility index (Phi) is 10.6. The van der Waals surface area contributed by atoms with Gasteiger partial charge in [0.15, 0.2) is 0 Å². The predicted octanol–water partition coefficient (Wildman–Crippen LogP) is 3.77. The molecule has 0 aromatic carbocycles. The number of Topliss-reactive ketones (excluding diaryl/α,β-unsaturated/α-hetero) is 1. The highest BCUT2D eigenvalue weighted by Crippen LogP contribution is 2.34. The molecule has 1 aliphatic rings. The number of aliphatic hydroxyl groups excluding tert-OH is 2. The number of carbonyl (C=O) groups excluding carboxylic acids is 1. The Balaban J connectivity index is 2.45. The van der Waals surface area contributed by atoms with Gasteiger partial charge in [-0.1, -0.05) is 57.6 Å². The summed E-state index contributed by atoms with van der Waals surface area (Å²) in [6, 6.07) is 0. The van der Waals surface area contributed by atoms with Gasteiger partial charge in [0, 0.05) is 24.9 Å². The summed E-state index contributed by atoms with van der Waals surface area (Å²) >= 11 is 0. The van der Waals surface area contributed by atoms with Crippen LogP contribution in [-0.2, 0) is 4.79 Å². The van der Waals surface area contributed by atoms with Crippen molar-refractivity contribution in [2.75, 3.05) is 6.61 Å². The van der Waals surface area contributed by atoms with Crippen molar-refractivity contribution in [3.8, 4) is 0 Å². The van der Waals surface area contributed by atoms with E-state index in [0.29, 0.717) is 6.42 Å². The molecule has 0 amide bonds. The van der Waals surface area contributed by atoms with Crippen molar-refractivity contribution in [3.05, 3.63) is 12.2 Å². The van der Waals surface area contributed by atoms with Crippen LogP contribution in [0.2, 0.25) is 0 Å². The molecule has 0 radical (unpaired) electrons. The second-order valence-corrected chi connectivity index (χ2v) is 7.93. The number of unbranched alkanes of at least 4 members (excludes halogenated alkanes) is 5. The lowest BCUT2D eigenvalue weighted by atomic mass is 9.87. The molecule has 0 aromatic heterocycles. The Hall–Kier alpha value is -0.710. The van der Waals surface area contributed by atoms with Gasteiger partial charge in [-0.15, -0.1) is 0 Å². The van der Waals surface area contributed by atoms with Crippen LogP contribution in [0.5, 0.6) is 0 Å². The third kappa shape index (κ3) is 8.48. The van der Waals surface area contributed by atoms with Gasteiger partial charge in [-0.3, -0.25) is 4.79 Å². The Morgan fingerprint density at radius 1 is 1.16 bits per heavy atom. The van der Waals surface area contributed by atoms with Gasteiger partial charge in [0.25, 0.3) is 0 Å². The highest BCUT2D eigenvalue weighted by Gasteiger charge is 2.39. The molecule has 0 heterocycles. The minimum Gasteiger partial charge on any atom is -0.396 e. The van der Waals surface area contributed by atoms with E-state index in [-0.39, 0.29) is 30.6 Å². The lowest BCUT2D eigenvalue weighted by Gasteiger charge is -2.22. The van der Waals surface area contributed by atoms with Crippen LogP contribution >= 0.6 is 0 Å². The van der Waals surface area contributed by atoms with E-state index in [4.69, 9.17) is 5.11 Å². The average Bonchev–Trinajstić information content (AvgIpc) is 2.82. The van der Waals surface area contributed by atoms with E-state index in [1.807, 2.05) is 19.1 Å². The molecule has 0 spiro atoms. The fraction of sp³-hybridized carbons (Fsp3) is 0.857. The van der Waals surface area contributed by atoms with E-state index >= 15 is 0 Å². The summed E-state index contributed by atoms with van der Waals surface area (Å²) < 4.78 is 0.